The molecular formula is C13H11BrN2O3. The first-order chi connectivity index (χ1) is 8.97. The van der Waals surface area contributed by atoms with Crippen LogP contribution in [0.2, 0.25) is 0 Å². The van der Waals surface area contributed by atoms with Gasteiger partial charge in [0.2, 0.25) is 0 Å². The molecule has 0 aliphatic rings. The lowest BCUT2D eigenvalue weighted by Crippen LogP contribution is -1.96. The van der Waals surface area contributed by atoms with E-state index in [0.717, 1.165) is 10.0 Å². The second kappa shape index (κ2) is 5.27. The first kappa shape index (κ1) is 13.4. The van der Waals surface area contributed by atoms with Gasteiger partial charge in [0.15, 0.2) is 0 Å². The van der Waals surface area contributed by atoms with Gasteiger partial charge in [-0.2, -0.15) is 0 Å². The van der Waals surface area contributed by atoms with Crippen LogP contribution in [0.4, 0.5) is 11.4 Å². The minimum atomic E-state index is -0.524. The predicted molar refractivity (Wildman–Crippen MR) is 76.5 cm³/mol. The van der Waals surface area contributed by atoms with E-state index in [1.165, 1.54) is 18.2 Å². The van der Waals surface area contributed by atoms with Crippen LogP contribution < -0.4 is 10.5 Å². The third-order valence-electron chi connectivity index (χ3n) is 2.57. The third kappa shape index (κ3) is 3.03. The van der Waals surface area contributed by atoms with E-state index >= 15 is 0 Å². The number of anilines is 1. The van der Waals surface area contributed by atoms with Crippen molar-refractivity contribution in [1.29, 1.82) is 0 Å². The Morgan fingerprint density at radius 1 is 1.26 bits per heavy atom. The lowest BCUT2D eigenvalue weighted by Gasteiger charge is -2.09. The third-order valence-corrected chi connectivity index (χ3v) is 3.07. The van der Waals surface area contributed by atoms with Gasteiger partial charge in [0.05, 0.1) is 4.92 Å². The molecule has 0 fully saturated rings. The van der Waals surface area contributed by atoms with Crippen molar-refractivity contribution in [3.05, 3.63) is 56.5 Å². The highest BCUT2D eigenvalue weighted by atomic mass is 79.9. The Morgan fingerprint density at radius 2 is 2.00 bits per heavy atom. The van der Waals surface area contributed by atoms with E-state index in [1.807, 2.05) is 25.1 Å². The number of hydrogen-bond acceptors (Lipinski definition) is 4. The highest BCUT2D eigenvalue weighted by molar-refractivity contribution is 9.10. The molecule has 0 radical (unpaired) electrons. The summed E-state index contributed by atoms with van der Waals surface area (Å²) in [6, 6.07) is 9.94. The summed E-state index contributed by atoms with van der Waals surface area (Å²) in [6.45, 7) is 1.91. The lowest BCUT2D eigenvalue weighted by molar-refractivity contribution is -0.383. The van der Waals surface area contributed by atoms with Crippen molar-refractivity contribution in [3.63, 3.8) is 0 Å². The molecular weight excluding hydrogens is 312 g/mol. The van der Waals surface area contributed by atoms with Gasteiger partial charge in [0.25, 0.3) is 5.69 Å². The van der Waals surface area contributed by atoms with Gasteiger partial charge in [0, 0.05) is 16.6 Å². The molecule has 0 atom stereocenters. The zero-order valence-electron chi connectivity index (χ0n) is 10.1. The summed E-state index contributed by atoms with van der Waals surface area (Å²) in [7, 11) is 0. The van der Waals surface area contributed by atoms with E-state index in [4.69, 9.17) is 10.5 Å². The van der Waals surface area contributed by atoms with Crippen molar-refractivity contribution < 1.29 is 9.66 Å². The minimum absolute atomic E-state index is 0.0788. The summed E-state index contributed by atoms with van der Waals surface area (Å²) >= 11 is 3.36. The summed E-state index contributed by atoms with van der Waals surface area (Å²) in [6.07, 6.45) is 0. The van der Waals surface area contributed by atoms with Gasteiger partial charge in [0.1, 0.15) is 17.2 Å². The van der Waals surface area contributed by atoms with E-state index < -0.39 is 4.92 Å². The fourth-order valence-electron chi connectivity index (χ4n) is 1.57. The molecule has 0 aliphatic carbocycles. The average molecular weight is 323 g/mol. The molecule has 2 N–H and O–H groups in total. The number of benzene rings is 2. The number of nitrogens with two attached hydrogens (primary N) is 1. The number of ether oxygens (including phenoxy) is 1. The molecule has 2 rings (SSSR count). The molecule has 0 bridgehead atoms. The fraction of sp³-hybridized carbons (Fsp3) is 0.0769. The second-order valence-corrected chi connectivity index (χ2v) is 4.91. The molecule has 0 heterocycles. The van der Waals surface area contributed by atoms with Gasteiger partial charge in [-0.3, -0.25) is 10.1 Å². The molecule has 0 aromatic heterocycles. The van der Waals surface area contributed by atoms with Gasteiger partial charge >= 0.3 is 0 Å². The number of rotatable bonds is 3. The molecule has 0 spiro atoms. The van der Waals surface area contributed by atoms with E-state index in [1.54, 1.807) is 0 Å². The smallest absolute Gasteiger partial charge is 0.292 e. The molecule has 19 heavy (non-hydrogen) atoms. The van der Waals surface area contributed by atoms with Crippen molar-refractivity contribution >= 4 is 27.3 Å². The molecule has 0 saturated carbocycles. The maximum atomic E-state index is 10.7. The quantitative estimate of drug-likeness (QED) is 0.525. The Balaban J connectivity index is 2.31. The SMILES string of the molecule is Cc1ccc(Br)cc1Oc1ccc([N+](=O)[O-])c(N)c1. The molecule has 2 aromatic rings. The highest BCUT2D eigenvalue weighted by Crippen LogP contribution is 2.31. The Hall–Kier alpha value is -2.08. The van der Waals surface area contributed by atoms with E-state index in [0.29, 0.717) is 11.5 Å². The number of nitro benzene ring substituents is 1. The predicted octanol–water partition coefficient (Wildman–Crippen LogP) is 4.04. The van der Waals surface area contributed by atoms with Gasteiger partial charge in [-0.05, 0) is 30.7 Å². The van der Waals surface area contributed by atoms with Crippen molar-refractivity contribution in [1.82, 2.24) is 0 Å². The van der Waals surface area contributed by atoms with E-state index in [9.17, 15) is 10.1 Å². The Labute approximate surface area is 118 Å². The van der Waals surface area contributed by atoms with Crippen LogP contribution in [0.5, 0.6) is 11.5 Å². The zero-order valence-corrected chi connectivity index (χ0v) is 11.7. The number of nitrogens with zero attached hydrogens (tertiary/aromatic N) is 1. The first-order valence-electron chi connectivity index (χ1n) is 5.45. The van der Waals surface area contributed by atoms with Gasteiger partial charge < -0.3 is 10.5 Å². The maximum Gasteiger partial charge on any atom is 0.292 e. The molecule has 98 valence electrons. The minimum Gasteiger partial charge on any atom is -0.457 e. The van der Waals surface area contributed by atoms with Crippen LogP contribution in [0.25, 0.3) is 0 Å². The van der Waals surface area contributed by atoms with Crippen LogP contribution in [0.15, 0.2) is 40.9 Å². The molecule has 0 amide bonds. The Morgan fingerprint density at radius 3 is 2.63 bits per heavy atom. The zero-order chi connectivity index (χ0) is 14.0. The van der Waals surface area contributed by atoms with Crippen LogP contribution in [-0.2, 0) is 0 Å². The summed E-state index contributed by atoms with van der Waals surface area (Å²) in [4.78, 5) is 10.1. The Kier molecular flexibility index (Phi) is 3.71. The van der Waals surface area contributed by atoms with Crippen molar-refractivity contribution in [2.45, 2.75) is 6.92 Å². The van der Waals surface area contributed by atoms with Gasteiger partial charge in [-0.15, -0.1) is 0 Å². The number of nitro groups is 1. The summed E-state index contributed by atoms with van der Waals surface area (Å²) < 4.78 is 6.56. The van der Waals surface area contributed by atoms with Crippen LogP contribution in [0, 0.1) is 17.0 Å². The van der Waals surface area contributed by atoms with Crippen molar-refractivity contribution in [3.8, 4) is 11.5 Å². The second-order valence-electron chi connectivity index (χ2n) is 3.99. The summed E-state index contributed by atoms with van der Waals surface area (Å²) in [5.74, 6) is 1.13. The van der Waals surface area contributed by atoms with Crippen molar-refractivity contribution in [2.75, 3.05) is 5.73 Å². The number of aryl methyl sites for hydroxylation is 1. The topological polar surface area (TPSA) is 78.4 Å². The van der Waals surface area contributed by atoms with E-state index in [-0.39, 0.29) is 11.4 Å². The molecule has 2 aromatic carbocycles. The number of halogens is 1. The molecule has 0 unspecified atom stereocenters. The van der Waals surface area contributed by atoms with Crippen LogP contribution >= 0.6 is 15.9 Å². The van der Waals surface area contributed by atoms with Crippen molar-refractivity contribution in [2.24, 2.45) is 0 Å². The van der Waals surface area contributed by atoms with E-state index in [2.05, 4.69) is 15.9 Å². The number of hydrogen-bond donors (Lipinski definition) is 1. The summed E-state index contributed by atoms with van der Waals surface area (Å²) in [5, 5.41) is 10.7. The van der Waals surface area contributed by atoms with Crippen LogP contribution in [0.3, 0.4) is 0 Å². The monoisotopic (exact) mass is 322 g/mol. The van der Waals surface area contributed by atoms with Crippen LogP contribution in [0.1, 0.15) is 5.56 Å². The largest absolute Gasteiger partial charge is 0.457 e. The number of nitrogen functional groups attached to an aromatic ring is 1. The standard InChI is InChI=1S/C13H11BrN2O3/c1-8-2-3-9(14)6-13(8)19-10-4-5-12(16(17)18)11(15)7-10/h2-7H,15H2,1H3. The first-order valence-corrected chi connectivity index (χ1v) is 6.24. The normalized spacial score (nSPS) is 10.2. The summed E-state index contributed by atoms with van der Waals surface area (Å²) in [5.41, 5.74) is 6.52. The molecule has 5 nitrogen and oxygen atoms in total. The maximum absolute atomic E-state index is 10.7. The van der Waals surface area contributed by atoms with Gasteiger partial charge in [-0.1, -0.05) is 22.0 Å². The molecule has 0 aliphatic heterocycles. The average Bonchev–Trinajstić information content (AvgIpc) is 2.33. The Bertz CT molecular complexity index is 644. The highest BCUT2D eigenvalue weighted by Gasteiger charge is 2.12. The lowest BCUT2D eigenvalue weighted by atomic mass is 10.2. The van der Waals surface area contributed by atoms with Gasteiger partial charge in [-0.25, -0.2) is 0 Å². The van der Waals surface area contributed by atoms with Crippen LogP contribution in [-0.4, -0.2) is 4.92 Å². The fourth-order valence-corrected chi connectivity index (χ4v) is 1.91. The molecule has 0 saturated heterocycles. The molecule has 6 heteroatoms.